The number of benzene rings is 1. The summed E-state index contributed by atoms with van der Waals surface area (Å²) < 4.78 is 18.7. The Bertz CT molecular complexity index is 655. The lowest BCUT2D eigenvalue weighted by Crippen LogP contribution is -2.59. The molecule has 1 heterocycles. The summed E-state index contributed by atoms with van der Waals surface area (Å²) in [7, 11) is 0. The summed E-state index contributed by atoms with van der Waals surface area (Å²) in [5, 5.41) is 6.30. The number of carbonyl (C=O) groups is 2. The van der Waals surface area contributed by atoms with Crippen molar-refractivity contribution in [3.63, 3.8) is 0 Å². The summed E-state index contributed by atoms with van der Waals surface area (Å²) in [6.45, 7) is 3.34. The smallest absolute Gasteiger partial charge is 0.248 e. The number of hydrogen-bond donors (Lipinski definition) is 2. The average molecular weight is 363 g/mol. The van der Waals surface area contributed by atoms with Gasteiger partial charge in [0, 0.05) is 31.4 Å². The maximum absolute atomic E-state index is 13.5. The molecule has 0 radical (unpaired) electrons. The molecule has 2 N–H and O–H groups in total. The molecule has 0 unspecified atom stereocenters. The molecule has 1 saturated heterocycles. The predicted octanol–water partition coefficient (Wildman–Crippen LogP) is 1.91. The number of likely N-dealkylation sites (tertiary alicyclic amines) is 1. The number of carbonyl (C=O) groups excluding carboxylic acids is 2. The molecule has 1 saturated carbocycles. The molecular formula is C19H26FN3O3. The lowest BCUT2D eigenvalue weighted by molar-refractivity contribution is -0.139. The highest BCUT2D eigenvalue weighted by Crippen LogP contribution is 2.30. The van der Waals surface area contributed by atoms with Crippen LogP contribution in [0, 0.1) is 5.82 Å². The van der Waals surface area contributed by atoms with Gasteiger partial charge in [-0.3, -0.25) is 9.59 Å². The number of halogens is 1. The van der Waals surface area contributed by atoms with Gasteiger partial charge in [-0.05, 0) is 50.8 Å². The van der Waals surface area contributed by atoms with Crippen LogP contribution in [0.2, 0.25) is 0 Å². The lowest BCUT2D eigenvalue weighted by Gasteiger charge is -2.41. The fraction of sp³-hybridized carbons (Fsp3) is 0.579. The summed E-state index contributed by atoms with van der Waals surface area (Å²) in [4.78, 5) is 26.8. The van der Waals surface area contributed by atoms with Gasteiger partial charge >= 0.3 is 0 Å². The molecule has 0 spiro atoms. The van der Waals surface area contributed by atoms with Crippen molar-refractivity contribution < 1.29 is 18.7 Å². The van der Waals surface area contributed by atoms with E-state index in [9.17, 15) is 14.0 Å². The second kappa shape index (κ2) is 8.03. The van der Waals surface area contributed by atoms with Crippen molar-refractivity contribution in [2.75, 3.05) is 31.6 Å². The van der Waals surface area contributed by atoms with Gasteiger partial charge in [0.25, 0.3) is 0 Å². The average Bonchev–Trinajstić information content (AvgIpc) is 3.44. The number of piperidine rings is 1. The Balaban J connectivity index is 1.70. The summed E-state index contributed by atoms with van der Waals surface area (Å²) in [5.74, 6) is -0.480. The van der Waals surface area contributed by atoms with E-state index in [-0.39, 0.29) is 30.3 Å². The lowest BCUT2D eigenvalue weighted by atomic mass is 9.85. The highest BCUT2D eigenvalue weighted by Gasteiger charge is 2.44. The monoisotopic (exact) mass is 363 g/mol. The molecule has 1 aromatic rings. The third-order valence-electron chi connectivity index (χ3n) is 4.95. The minimum absolute atomic E-state index is 0.0613. The molecule has 1 aromatic carbocycles. The zero-order chi connectivity index (χ0) is 18.6. The molecule has 0 aromatic heterocycles. The van der Waals surface area contributed by atoms with E-state index in [4.69, 9.17) is 4.74 Å². The molecule has 2 aliphatic rings. The van der Waals surface area contributed by atoms with E-state index in [1.54, 1.807) is 17.0 Å². The van der Waals surface area contributed by atoms with E-state index in [0.29, 0.717) is 38.2 Å². The highest BCUT2D eigenvalue weighted by atomic mass is 19.1. The number of anilines is 1. The zero-order valence-corrected chi connectivity index (χ0v) is 15.1. The first kappa shape index (κ1) is 18.6. The molecule has 3 rings (SSSR count). The van der Waals surface area contributed by atoms with Crippen LogP contribution in [0.25, 0.3) is 0 Å². The Morgan fingerprint density at radius 2 is 2.04 bits per heavy atom. The summed E-state index contributed by atoms with van der Waals surface area (Å²) in [6.07, 6.45) is 2.95. The Morgan fingerprint density at radius 3 is 2.65 bits per heavy atom. The van der Waals surface area contributed by atoms with Gasteiger partial charge in [-0.1, -0.05) is 6.07 Å². The van der Waals surface area contributed by atoms with Crippen LogP contribution >= 0.6 is 0 Å². The Morgan fingerprint density at radius 1 is 1.31 bits per heavy atom. The first-order valence-corrected chi connectivity index (χ1v) is 9.22. The standard InChI is InChI=1S/C19H26FN3O3/c1-2-26-13-17(24)23-10-8-19(9-11-23,18(25)21-15-6-7-15)22-16-5-3-4-14(20)12-16/h3-5,12,15,22H,2,6-11,13H2,1H3,(H,21,25). The van der Waals surface area contributed by atoms with E-state index in [1.165, 1.54) is 12.1 Å². The van der Waals surface area contributed by atoms with Crippen LogP contribution in [0.15, 0.2) is 24.3 Å². The van der Waals surface area contributed by atoms with E-state index < -0.39 is 5.54 Å². The Hall–Kier alpha value is -2.15. The highest BCUT2D eigenvalue weighted by molar-refractivity contribution is 5.90. The van der Waals surface area contributed by atoms with Gasteiger partial charge in [0.2, 0.25) is 11.8 Å². The first-order chi connectivity index (χ1) is 12.5. The number of nitrogens with one attached hydrogen (secondary N) is 2. The molecular weight excluding hydrogens is 337 g/mol. The quantitative estimate of drug-likeness (QED) is 0.776. The van der Waals surface area contributed by atoms with Gasteiger partial charge in [-0.15, -0.1) is 0 Å². The molecule has 142 valence electrons. The van der Waals surface area contributed by atoms with E-state index >= 15 is 0 Å². The van der Waals surface area contributed by atoms with Crippen molar-refractivity contribution in [1.29, 1.82) is 0 Å². The number of ether oxygens (including phenoxy) is 1. The second-order valence-corrected chi connectivity index (χ2v) is 6.98. The zero-order valence-electron chi connectivity index (χ0n) is 15.1. The van der Waals surface area contributed by atoms with Crippen LogP contribution in [-0.4, -0.2) is 54.6 Å². The molecule has 1 aliphatic carbocycles. The maximum Gasteiger partial charge on any atom is 0.248 e. The SMILES string of the molecule is CCOCC(=O)N1CCC(Nc2cccc(F)c2)(C(=O)NC2CC2)CC1. The van der Waals surface area contributed by atoms with Crippen molar-refractivity contribution in [1.82, 2.24) is 10.2 Å². The van der Waals surface area contributed by atoms with E-state index in [1.807, 2.05) is 6.92 Å². The van der Waals surface area contributed by atoms with Crippen LogP contribution in [-0.2, 0) is 14.3 Å². The number of hydrogen-bond acceptors (Lipinski definition) is 4. The fourth-order valence-corrected chi connectivity index (χ4v) is 3.22. The first-order valence-electron chi connectivity index (χ1n) is 9.22. The normalized spacial score (nSPS) is 19.1. The van der Waals surface area contributed by atoms with Gasteiger partial charge in [0.1, 0.15) is 18.0 Å². The van der Waals surface area contributed by atoms with Crippen LogP contribution in [0.4, 0.5) is 10.1 Å². The molecule has 2 amide bonds. The minimum Gasteiger partial charge on any atom is -0.372 e. The summed E-state index contributed by atoms with van der Waals surface area (Å²) >= 11 is 0. The molecule has 1 aliphatic heterocycles. The molecule has 0 atom stereocenters. The Kier molecular flexibility index (Phi) is 5.76. The largest absolute Gasteiger partial charge is 0.372 e. The van der Waals surface area contributed by atoms with Crippen LogP contribution < -0.4 is 10.6 Å². The molecule has 7 heteroatoms. The van der Waals surface area contributed by atoms with E-state index in [0.717, 1.165) is 12.8 Å². The molecule has 0 bridgehead atoms. The van der Waals surface area contributed by atoms with Gasteiger partial charge < -0.3 is 20.3 Å². The van der Waals surface area contributed by atoms with Crippen molar-refractivity contribution in [3.8, 4) is 0 Å². The molecule has 6 nitrogen and oxygen atoms in total. The topological polar surface area (TPSA) is 70.7 Å². The second-order valence-electron chi connectivity index (χ2n) is 6.98. The van der Waals surface area contributed by atoms with Crippen LogP contribution in [0.3, 0.4) is 0 Å². The van der Waals surface area contributed by atoms with Crippen molar-refractivity contribution in [3.05, 3.63) is 30.1 Å². The molecule has 2 fully saturated rings. The van der Waals surface area contributed by atoms with Gasteiger partial charge in [0.05, 0.1) is 0 Å². The predicted molar refractivity (Wildman–Crippen MR) is 96.2 cm³/mol. The molecule has 26 heavy (non-hydrogen) atoms. The number of rotatable bonds is 7. The van der Waals surface area contributed by atoms with Crippen LogP contribution in [0.1, 0.15) is 32.6 Å². The summed E-state index contributed by atoms with van der Waals surface area (Å²) in [6, 6.07) is 6.37. The van der Waals surface area contributed by atoms with Crippen molar-refractivity contribution >= 4 is 17.5 Å². The van der Waals surface area contributed by atoms with Crippen molar-refractivity contribution in [2.24, 2.45) is 0 Å². The van der Waals surface area contributed by atoms with Crippen LogP contribution in [0.5, 0.6) is 0 Å². The third-order valence-corrected chi connectivity index (χ3v) is 4.95. The van der Waals surface area contributed by atoms with Gasteiger partial charge in [0.15, 0.2) is 0 Å². The maximum atomic E-state index is 13.5. The number of amides is 2. The summed E-state index contributed by atoms with van der Waals surface area (Å²) in [5.41, 5.74) is -0.260. The third kappa shape index (κ3) is 4.52. The van der Waals surface area contributed by atoms with Gasteiger partial charge in [-0.2, -0.15) is 0 Å². The number of nitrogens with zero attached hydrogens (tertiary/aromatic N) is 1. The van der Waals surface area contributed by atoms with Gasteiger partial charge in [-0.25, -0.2) is 4.39 Å². The van der Waals surface area contributed by atoms with E-state index in [2.05, 4.69) is 10.6 Å². The fourth-order valence-electron chi connectivity index (χ4n) is 3.22. The van der Waals surface area contributed by atoms with Crippen molar-refractivity contribution in [2.45, 2.75) is 44.2 Å². The minimum atomic E-state index is -0.835. The Labute approximate surface area is 153 Å².